The zero-order valence-corrected chi connectivity index (χ0v) is 16.0. The maximum Gasteiger partial charge on any atom is 0.343 e. The number of hydrogen-bond donors (Lipinski definition) is 0. The first-order valence-electron chi connectivity index (χ1n) is 8.54. The molecule has 3 aromatic rings. The first-order chi connectivity index (χ1) is 13.3. The molecule has 0 fully saturated rings. The van der Waals surface area contributed by atoms with Crippen LogP contribution in [0.25, 0.3) is 11.5 Å². The van der Waals surface area contributed by atoms with Crippen LogP contribution in [0.4, 0.5) is 5.69 Å². The number of carbonyl (C=O) groups excluding carboxylic acids is 1. The predicted octanol–water partition coefficient (Wildman–Crippen LogP) is 2.67. The Morgan fingerprint density at radius 2 is 1.96 bits per heavy atom. The molecule has 0 spiro atoms. The minimum absolute atomic E-state index is 0.187. The minimum atomic E-state index is -3.37. The maximum atomic E-state index is 12.5. The summed E-state index contributed by atoms with van der Waals surface area (Å²) in [5.74, 6) is 0.236. The van der Waals surface area contributed by atoms with E-state index in [1.54, 1.807) is 42.5 Å². The summed E-state index contributed by atoms with van der Waals surface area (Å²) in [6.45, 7) is 1.84. The third kappa shape index (κ3) is 3.36. The first-order valence-corrected chi connectivity index (χ1v) is 10.4. The van der Waals surface area contributed by atoms with Crippen molar-refractivity contribution in [2.24, 2.45) is 0 Å². The summed E-state index contributed by atoms with van der Waals surface area (Å²) in [4.78, 5) is 12.5. The van der Waals surface area contributed by atoms with Crippen LogP contribution >= 0.6 is 0 Å². The van der Waals surface area contributed by atoms with Gasteiger partial charge in [-0.05, 0) is 61.4 Å². The van der Waals surface area contributed by atoms with Crippen molar-refractivity contribution >= 4 is 21.7 Å². The van der Waals surface area contributed by atoms with Gasteiger partial charge in [-0.25, -0.2) is 13.2 Å². The van der Waals surface area contributed by atoms with Crippen LogP contribution in [-0.4, -0.2) is 36.9 Å². The number of anilines is 1. The normalized spacial score (nSPS) is 16.1. The Morgan fingerprint density at radius 1 is 1.21 bits per heavy atom. The number of nitrogens with zero attached hydrogens (tertiary/aromatic N) is 3. The highest BCUT2D eigenvalue weighted by molar-refractivity contribution is 7.92. The van der Waals surface area contributed by atoms with E-state index in [0.29, 0.717) is 34.9 Å². The lowest BCUT2D eigenvalue weighted by Gasteiger charge is -2.21. The zero-order chi connectivity index (χ0) is 19.9. The van der Waals surface area contributed by atoms with Gasteiger partial charge in [-0.1, -0.05) is 0 Å². The van der Waals surface area contributed by atoms with Crippen molar-refractivity contribution in [1.29, 1.82) is 0 Å². The number of aromatic nitrogens is 2. The van der Waals surface area contributed by atoms with Crippen molar-refractivity contribution in [3.05, 3.63) is 60.0 Å². The molecule has 1 atom stereocenters. The van der Waals surface area contributed by atoms with Crippen molar-refractivity contribution in [1.82, 2.24) is 10.2 Å². The quantitative estimate of drug-likeness (QED) is 0.491. The van der Waals surface area contributed by atoms with Gasteiger partial charge in [0.15, 0.2) is 0 Å². The van der Waals surface area contributed by atoms with Gasteiger partial charge in [-0.3, -0.25) is 4.31 Å². The highest BCUT2D eigenvalue weighted by Gasteiger charge is 2.32. The van der Waals surface area contributed by atoms with Crippen LogP contribution in [0.1, 0.15) is 22.8 Å². The summed E-state index contributed by atoms with van der Waals surface area (Å²) in [7, 11) is -3.37. The molecule has 0 amide bonds. The molecule has 1 aromatic heterocycles. The number of rotatable bonds is 4. The molecule has 144 valence electrons. The van der Waals surface area contributed by atoms with Crippen LogP contribution in [0.15, 0.2) is 53.3 Å². The first kappa shape index (κ1) is 18.2. The van der Waals surface area contributed by atoms with E-state index in [4.69, 9.17) is 9.15 Å². The SMILES string of the molecule is C[C@H]1Cc2cc(C(=O)Oc3ccc(-c4nnco4)cc3)ccc2N1S(C)(=O)=O. The smallest absolute Gasteiger partial charge is 0.343 e. The largest absolute Gasteiger partial charge is 0.423 e. The van der Waals surface area contributed by atoms with Crippen molar-refractivity contribution < 1.29 is 22.4 Å². The van der Waals surface area contributed by atoms with Gasteiger partial charge < -0.3 is 9.15 Å². The maximum absolute atomic E-state index is 12.5. The molecule has 0 saturated heterocycles. The van der Waals surface area contributed by atoms with E-state index in [9.17, 15) is 13.2 Å². The van der Waals surface area contributed by atoms with Crippen molar-refractivity contribution in [2.45, 2.75) is 19.4 Å². The summed E-state index contributed by atoms with van der Waals surface area (Å²) in [6, 6.07) is 11.4. The molecule has 0 radical (unpaired) electrons. The average molecular weight is 399 g/mol. The summed E-state index contributed by atoms with van der Waals surface area (Å²) < 4.78 is 35.9. The Kier molecular flexibility index (Phi) is 4.38. The second-order valence-electron chi connectivity index (χ2n) is 6.61. The lowest BCUT2D eigenvalue weighted by Crippen LogP contribution is -2.34. The number of fused-ring (bicyclic) bond motifs is 1. The fourth-order valence-corrected chi connectivity index (χ4v) is 4.63. The molecule has 8 nitrogen and oxygen atoms in total. The molecular weight excluding hydrogens is 382 g/mol. The molecule has 0 bridgehead atoms. The second kappa shape index (κ2) is 6.75. The van der Waals surface area contributed by atoms with Crippen LogP contribution in [0.3, 0.4) is 0 Å². The third-order valence-corrected chi connectivity index (χ3v) is 5.77. The number of hydrogen-bond acceptors (Lipinski definition) is 7. The van der Waals surface area contributed by atoms with Crippen LogP contribution in [0.2, 0.25) is 0 Å². The molecule has 4 rings (SSSR count). The zero-order valence-electron chi connectivity index (χ0n) is 15.2. The Morgan fingerprint density at radius 3 is 2.61 bits per heavy atom. The standard InChI is InChI=1S/C19H17N3O5S/c1-12-9-15-10-14(5-8-17(15)22(12)28(2,24)25)19(23)27-16-6-3-13(4-7-16)18-21-20-11-26-18/h3-8,10-12H,9H2,1-2H3/t12-/m0/s1. The van der Waals surface area contributed by atoms with E-state index < -0.39 is 16.0 Å². The molecule has 1 aliphatic rings. The van der Waals surface area contributed by atoms with E-state index in [2.05, 4.69) is 10.2 Å². The number of carbonyl (C=O) groups is 1. The van der Waals surface area contributed by atoms with E-state index in [1.165, 1.54) is 17.0 Å². The Hall–Kier alpha value is -3.20. The number of esters is 1. The number of ether oxygens (including phenoxy) is 1. The van der Waals surface area contributed by atoms with E-state index in [1.807, 2.05) is 6.92 Å². The molecule has 0 saturated carbocycles. The van der Waals surface area contributed by atoms with Crippen LogP contribution in [-0.2, 0) is 16.4 Å². The van der Waals surface area contributed by atoms with Crippen LogP contribution in [0.5, 0.6) is 5.75 Å². The molecule has 2 heterocycles. The van der Waals surface area contributed by atoms with Gasteiger partial charge in [0.25, 0.3) is 0 Å². The Balaban J connectivity index is 1.53. The lowest BCUT2D eigenvalue weighted by atomic mass is 10.1. The second-order valence-corrected chi connectivity index (χ2v) is 8.47. The highest BCUT2D eigenvalue weighted by Crippen LogP contribution is 2.35. The molecule has 0 unspecified atom stereocenters. The van der Waals surface area contributed by atoms with Crippen LogP contribution in [0, 0.1) is 0 Å². The van der Waals surface area contributed by atoms with E-state index >= 15 is 0 Å². The van der Waals surface area contributed by atoms with Crippen molar-refractivity contribution in [3.8, 4) is 17.2 Å². The van der Waals surface area contributed by atoms with Crippen LogP contribution < -0.4 is 9.04 Å². The van der Waals surface area contributed by atoms with Crippen molar-refractivity contribution in [3.63, 3.8) is 0 Å². The Bertz CT molecular complexity index is 1120. The molecule has 9 heteroatoms. The molecule has 0 aliphatic carbocycles. The Labute approximate surface area is 161 Å². The molecule has 0 N–H and O–H groups in total. The summed E-state index contributed by atoms with van der Waals surface area (Å²) in [5.41, 5.74) is 2.49. The lowest BCUT2D eigenvalue weighted by molar-refractivity contribution is 0.0734. The summed E-state index contributed by atoms with van der Waals surface area (Å²) in [5, 5.41) is 7.44. The molecule has 28 heavy (non-hydrogen) atoms. The van der Waals surface area contributed by atoms with Gasteiger partial charge in [0.1, 0.15) is 5.75 Å². The van der Waals surface area contributed by atoms with Gasteiger partial charge in [-0.15, -0.1) is 10.2 Å². The fraction of sp³-hybridized carbons (Fsp3) is 0.211. The molecule has 2 aromatic carbocycles. The average Bonchev–Trinajstić information content (AvgIpc) is 3.27. The van der Waals surface area contributed by atoms with Gasteiger partial charge in [0.2, 0.25) is 22.3 Å². The number of benzene rings is 2. The fourth-order valence-electron chi connectivity index (χ4n) is 3.37. The van der Waals surface area contributed by atoms with Gasteiger partial charge >= 0.3 is 5.97 Å². The minimum Gasteiger partial charge on any atom is -0.423 e. The summed E-state index contributed by atoms with van der Waals surface area (Å²) >= 11 is 0. The van der Waals surface area contributed by atoms with Gasteiger partial charge in [-0.2, -0.15) is 0 Å². The topological polar surface area (TPSA) is 103 Å². The van der Waals surface area contributed by atoms with Crippen molar-refractivity contribution in [2.75, 3.05) is 10.6 Å². The predicted molar refractivity (Wildman–Crippen MR) is 102 cm³/mol. The van der Waals surface area contributed by atoms with Gasteiger partial charge in [0.05, 0.1) is 17.5 Å². The monoisotopic (exact) mass is 399 g/mol. The molecular formula is C19H17N3O5S. The van der Waals surface area contributed by atoms with E-state index in [-0.39, 0.29) is 6.04 Å². The van der Waals surface area contributed by atoms with Gasteiger partial charge in [0, 0.05) is 11.6 Å². The summed E-state index contributed by atoms with van der Waals surface area (Å²) in [6.07, 6.45) is 2.96. The third-order valence-electron chi connectivity index (χ3n) is 4.50. The number of sulfonamides is 1. The highest BCUT2D eigenvalue weighted by atomic mass is 32.2. The molecule has 1 aliphatic heterocycles. The van der Waals surface area contributed by atoms with E-state index in [0.717, 1.165) is 5.56 Å².